The Labute approximate surface area is 111 Å². The molecule has 3 saturated carbocycles. The highest BCUT2D eigenvalue weighted by atomic mass is 16.5. The topological polar surface area (TPSA) is 30.5 Å². The second kappa shape index (κ2) is 5.48. The lowest BCUT2D eigenvalue weighted by atomic mass is 9.83. The first-order valence-electron chi connectivity index (χ1n) is 7.59. The lowest BCUT2D eigenvalue weighted by Crippen LogP contribution is -2.38. The maximum atomic E-state index is 6.00. The maximum absolute atomic E-state index is 6.00. The van der Waals surface area contributed by atoms with E-state index >= 15 is 0 Å². The Morgan fingerprint density at radius 2 is 2.00 bits per heavy atom. The van der Waals surface area contributed by atoms with E-state index in [9.17, 15) is 0 Å². The van der Waals surface area contributed by atoms with E-state index in [-0.39, 0.29) is 0 Å². The molecule has 0 spiro atoms. The first-order chi connectivity index (χ1) is 8.81. The first-order valence-corrected chi connectivity index (χ1v) is 7.59. The van der Waals surface area contributed by atoms with E-state index in [1.807, 2.05) is 0 Å². The minimum absolute atomic E-state index is 0.441. The summed E-state index contributed by atoms with van der Waals surface area (Å²) in [4.78, 5) is 0. The Morgan fingerprint density at radius 1 is 1.22 bits per heavy atom. The number of ether oxygens (including phenoxy) is 2. The van der Waals surface area contributed by atoms with Gasteiger partial charge in [-0.2, -0.15) is 0 Å². The molecule has 0 amide bonds. The van der Waals surface area contributed by atoms with Crippen molar-refractivity contribution in [1.29, 1.82) is 0 Å². The van der Waals surface area contributed by atoms with Gasteiger partial charge < -0.3 is 14.8 Å². The van der Waals surface area contributed by atoms with Crippen molar-refractivity contribution in [1.82, 2.24) is 5.32 Å². The molecule has 0 saturated heterocycles. The van der Waals surface area contributed by atoms with Gasteiger partial charge in [-0.25, -0.2) is 0 Å². The van der Waals surface area contributed by atoms with Crippen molar-refractivity contribution in [3.05, 3.63) is 0 Å². The number of hydrogen-bond donors (Lipinski definition) is 1. The van der Waals surface area contributed by atoms with Crippen LogP contribution in [0.15, 0.2) is 0 Å². The van der Waals surface area contributed by atoms with Crippen molar-refractivity contribution in [2.24, 2.45) is 23.2 Å². The third-order valence-corrected chi connectivity index (χ3v) is 4.90. The van der Waals surface area contributed by atoms with Crippen molar-refractivity contribution in [2.45, 2.75) is 32.1 Å². The van der Waals surface area contributed by atoms with Crippen molar-refractivity contribution < 1.29 is 9.47 Å². The van der Waals surface area contributed by atoms with Crippen molar-refractivity contribution >= 4 is 0 Å². The Bertz CT molecular complexity index is 268. The van der Waals surface area contributed by atoms with Crippen molar-refractivity contribution in [3.63, 3.8) is 0 Å². The number of hydrogen-bond acceptors (Lipinski definition) is 3. The highest BCUT2D eigenvalue weighted by Crippen LogP contribution is 2.59. The van der Waals surface area contributed by atoms with Crippen LogP contribution in [0.5, 0.6) is 0 Å². The average molecular weight is 253 g/mol. The fourth-order valence-corrected chi connectivity index (χ4v) is 3.57. The lowest BCUT2D eigenvalue weighted by Gasteiger charge is -2.31. The Morgan fingerprint density at radius 3 is 2.67 bits per heavy atom. The van der Waals surface area contributed by atoms with Crippen molar-refractivity contribution in [2.75, 3.05) is 40.0 Å². The summed E-state index contributed by atoms with van der Waals surface area (Å²) in [6.07, 6.45) is 7.06. The second-order valence-electron chi connectivity index (χ2n) is 6.79. The molecule has 2 atom stereocenters. The van der Waals surface area contributed by atoms with Gasteiger partial charge in [0, 0.05) is 32.2 Å². The van der Waals surface area contributed by atoms with E-state index < -0.39 is 0 Å². The molecule has 104 valence electrons. The minimum Gasteiger partial charge on any atom is -0.383 e. The molecule has 0 aliphatic heterocycles. The van der Waals surface area contributed by atoms with Gasteiger partial charge in [0.25, 0.3) is 0 Å². The number of methoxy groups -OCH3 is 1. The molecular weight excluding hydrogens is 226 g/mol. The molecule has 18 heavy (non-hydrogen) atoms. The summed E-state index contributed by atoms with van der Waals surface area (Å²) in [6, 6.07) is 0. The smallest absolute Gasteiger partial charge is 0.0587 e. The highest BCUT2D eigenvalue weighted by Gasteiger charge is 2.53. The quantitative estimate of drug-likeness (QED) is 0.638. The molecule has 3 rings (SSSR count). The van der Waals surface area contributed by atoms with Gasteiger partial charge in [-0.05, 0) is 49.9 Å². The zero-order valence-electron chi connectivity index (χ0n) is 11.6. The van der Waals surface area contributed by atoms with Gasteiger partial charge in [0.15, 0.2) is 0 Å². The SMILES string of the molecule is COCCNCC1(COCC2CC2)CC2CC2C1. The fourth-order valence-electron chi connectivity index (χ4n) is 3.57. The van der Waals surface area contributed by atoms with E-state index in [1.165, 1.54) is 32.1 Å². The van der Waals surface area contributed by atoms with Gasteiger partial charge in [0.2, 0.25) is 0 Å². The number of rotatable bonds is 9. The molecule has 0 aromatic carbocycles. The third kappa shape index (κ3) is 3.25. The lowest BCUT2D eigenvalue weighted by molar-refractivity contribution is 0.0329. The molecule has 0 aromatic rings. The molecular formula is C15H27NO2. The van der Waals surface area contributed by atoms with Gasteiger partial charge in [-0.15, -0.1) is 0 Å². The van der Waals surface area contributed by atoms with Crippen LogP contribution in [0.4, 0.5) is 0 Å². The van der Waals surface area contributed by atoms with Gasteiger partial charge in [0.05, 0.1) is 13.2 Å². The molecule has 0 bridgehead atoms. The standard InChI is InChI=1S/C15H27NO2/c1-17-5-4-16-10-15(7-13-6-14(13)8-15)11-18-9-12-2-3-12/h12-14,16H,2-11H2,1H3. The maximum Gasteiger partial charge on any atom is 0.0587 e. The van der Waals surface area contributed by atoms with Crippen LogP contribution < -0.4 is 5.32 Å². The molecule has 3 fully saturated rings. The normalized spacial score (nSPS) is 37.8. The molecule has 1 N–H and O–H groups in total. The molecule has 0 aromatic heterocycles. The molecule has 3 heteroatoms. The fraction of sp³-hybridized carbons (Fsp3) is 1.00. The van der Waals surface area contributed by atoms with Crippen LogP contribution in [0.3, 0.4) is 0 Å². The predicted octanol–water partition coefficient (Wildman–Crippen LogP) is 2.07. The monoisotopic (exact) mass is 253 g/mol. The van der Waals surface area contributed by atoms with Gasteiger partial charge in [0.1, 0.15) is 0 Å². The molecule has 3 aliphatic rings. The summed E-state index contributed by atoms with van der Waals surface area (Å²) in [6.45, 7) is 4.89. The molecule has 3 aliphatic carbocycles. The molecule has 0 heterocycles. The van der Waals surface area contributed by atoms with E-state index in [1.54, 1.807) is 7.11 Å². The Balaban J connectivity index is 1.41. The number of fused-ring (bicyclic) bond motifs is 1. The summed E-state index contributed by atoms with van der Waals surface area (Å²) in [5.41, 5.74) is 0.441. The van der Waals surface area contributed by atoms with E-state index in [0.717, 1.165) is 50.7 Å². The second-order valence-corrected chi connectivity index (χ2v) is 6.79. The average Bonchev–Trinajstić information content (AvgIpc) is 3.27. The predicted molar refractivity (Wildman–Crippen MR) is 71.6 cm³/mol. The number of nitrogens with one attached hydrogen (secondary N) is 1. The first kappa shape index (κ1) is 12.9. The minimum atomic E-state index is 0.441. The summed E-state index contributed by atoms with van der Waals surface area (Å²) in [5, 5.41) is 3.56. The van der Waals surface area contributed by atoms with Crippen LogP contribution in [-0.4, -0.2) is 40.0 Å². The third-order valence-electron chi connectivity index (χ3n) is 4.90. The largest absolute Gasteiger partial charge is 0.383 e. The molecule has 0 radical (unpaired) electrons. The summed E-state index contributed by atoms with van der Waals surface area (Å²) >= 11 is 0. The Kier molecular flexibility index (Phi) is 3.92. The van der Waals surface area contributed by atoms with E-state index in [2.05, 4.69) is 5.32 Å². The van der Waals surface area contributed by atoms with Crippen LogP contribution in [-0.2, 0) is 9.47 Å². The summed E-state index contributed by atoms with van der Waals surface area (Å²) < 4.78 is 11.1. The van der Waals surface area contributed by atoms with Crippen LogP contribution in [0, 0.1) is 23.2 Å². The van der Waals surface area contributed by atoms with Crippen LogP contribution >= 0.6 is 0 Å². The molecule has 3 nitrogen and oxygen atoms in total. The van der Waals surface area contributed by atoms with Crippen molar-refractivity contribution in [3.8, 4) is 0 Å². The van der Waals surface area contributed by atoms with E-state index in [4.69, 9.17) is 9.47 Å². The summed E-state index contributed by atoms with van der Waals surface area (Å²) in [5.74, 6) is 2.94. The van der Waals surface area contributed by atoms with Gasteiger partial charge >= 0.3 is 0 Å². The Hall–Kier alpha value is -0.120. The molecule has 2 unspecified atom stereocenters. The van der Waals surface area contributed by atoms with Gasteiger partial charge in [-0.3, -0.25) is 0 Å². The zero-order valence-corrected chi connectivity index (χ0v) is 11.6. The van der Waals surface area contributed by atoms with Gasteiger partial charge in [-0.1, -0.05) is 0 Å². The van der Waals surface area contributed by atoms with Crippen LogP contribution in [0.2, 0.25) is 0 Å². The zero-order chi connectivity index (χ0) is 12.4. The van der Waals surface area contributed by atoms with E-state index in [0.29, 0.717) is 5.41 Å². The highest BCUT2D eigenvalue weighted by molar-refractivity contribution is 5.04. The van der Waals surface area contributed by atoms with Crippen LogP contribution in [0.1, 0.15) is 32.1 Å². The summed E-state index contributed by atoms with van der Waals surface area (Å²) in [7, 11) is 1.76. The van der Waals surface area contributed by atoms with Crippen LogP contribution in [0.25, 0.3) is 0 Å².